The largest absolute Gasteiger partial charge is 0.450 e. The Kier molecular flexibility index (Phi) is 3.84. The molecule has 0 saturated carbocycles. The van der Waals surface area contributed by atoms with E-state index < -0.39 is 5.97 Å². The normalized spacial score (nSPS) is 10.9. The zero-order valence-electron chi connectivity index (χ0n) is 5.65. The van der Waals surface area contributed by atoms with Crippen LogP contribution in [0.15, 0.2) is 12.7 Å². The van der Waals surface area contributed by atoms with Gasteiger partial charge < -0.3 is 10.3 Å². The van der Waals surface area contributed by atoms with Gasteiger partial charge >= 0.3 is 12.2 Å². The predicted octanol–water partition coefficient (Wildman–Crippen LogP) is 0.405. The fraction of sp³-hybridized carbons (Fsp3) is 0.333. The third-order valence-electron chi connectivity index (χ3n) is 0.797. The van der Waals surface area contributed by atoms with Gasteiger partial charge in [0.05, 0.1) is 0 Å². The van der Waals surface area contributed by atoms with Gasteiger partial charge in [0.15, 0.2) is 0 Å². The molecule has 0 bridgehead atoms. The van der Waals surface area contributed by atoms with Gasteiger partial charge in [-0.1, -0.05) is 12.7 Å². The first-order valence-corrected chi connectivity index (χ1v) is 2.71. The van der Waals surface area contributed by atoms with Crippen molar-refractivity contribution in [2.24, 2.45) is 0 Å². The molecule has 0 saturated heterocycles. The van der Waals surface area contributed by atoms with Gasteiger partial charge in [0.1, 0.15) is 6.10 Å². The minimum Gasteiger partial charge on any atom is -0.450 e. The zero-order chi connectivity index (χ0) is 7.98. The van der Waals surface area contributed by atoms with Crippen LogP contribution in [0.25, 0.3) is 5.53 Å². The van der Waals surface area contributed by atoms with E-state index in [0.717, 1.165) is 0 Å². The van der Waals surface area contributed by atoms with Crippen LogP contribution in [0.1, 0.15) is 6.92 Å². The van der Waals surface area contributed by atoms with E-state index in [4.69, 9.17) is 5.53 Å². The lowest BCUT2D eigenvalue weighted by atomic mass is 10.4. The number of ether oxygens (including phenoxy) is 1. The molecular weight excluding hydrogens is 132 g/mol. The SMILES string of the molecule is C=CC(C)OC(=O)C=[N+]=[N-]. The maximum atomic E-state index is 10.4. The lowest BCUT2D eigenvalue weighted by molar-refractivity contribution is -0.141. The first-order chi connectivity index (χ1) is 4.70. The Balaban J connectivity index is 3.78. The second kappa shape index (κ2) is 4.47. The van der Waals surface area contributed by atoms with E-state index in [1.807, 2.05) is 0 Å². The minimum atomic E-state index is -0.685. The van der Waals surface area contributed by atoms with Crippen LogP contribution >= 0.6 is 0 Å². The Morgan fingerprint density at radius 1 is 1.90 bits per heavy atom. The number of nitrogens with zero attached hydrogens (tertiary/aromatic N) is 2. The van der Waals surface area contributed by atoms with Crippen LogP contribution in [-0.4, -0.2) is 23.1 Å². The maximum absolute atomic E-state index is 10.4. The van der Waals surface area contributed by atoms with Crippen LogP contribution < -0.4 is 0 Å². The molecule has 0 aromatic heterocycles. The standard InChI is InChI=1S/C6H8N2O2/c1-3-5(2)10-6(9)4-8-7/h3-5H,1H2,2H3. The quantitative estimate of drug-likeness (QED) is 0.187. The fourth-order valence-corrected chi connectivity index (χ4v) is 0.309. The summed E-state index contributed by atoms with van der Waals surface area (Å²) in [5, 5.41) is 0. The molecular formula is C6H8N2O2. The Labute approximate surface area is 58.7 Å². The molecule has 0 spiro atoms. The Hall–Kier alpha value is -1.41. The molecule has 1 atom stereocenters. The lowest BCUT2D eigenvalue weighted by Crippen LogP contribution is -2.13. The van der Waals surface area contributed by atoms with Gasteiger partial charge in [0, 0.05) is 0 Å². The van der Waals surface area contributed by atoms with Gasteiger partial charge in [-0.25, -0.2) is 4.79 Å². The van der Waals surface area contributed by atoms with E-state index in [1.54, 1.807) is 6.92 Å². The highest BCUT2D eigenvalue weighted by molar-refractivity contribution is 6.20. The molecule has 0 radical (unpaired) electrons. The van der Waals surface area contributed by atoms with Gasteiger partial charge in [-0.3, -0.25) is 0 Å². The smallest absolute Gasteiger partial charge is 0.414 e. The van der Waals surface area contributed by atoms with E-state index >= 15 is 0 Å². The van der Waals surface area contributed by atoms with Crippen molar-refractivity contribution in [3.05, 3.63) is 18.2 Å². The van der Waals surface area contributed by atoms with Crippen LogP contribution in [0.5, 0.6) is 0 Å². The van der Waals surface area contributed by atoms with E-state index in [1.165, 1.54) is 6.08 Å². The van der Waals surface area contributed by atoms with Crippen molar-refractivity contribution in [1.82, 2.24) is 0 Å². The summed E-state index contributed by atoms with van der Waals surface area (Å²) >= 11 is 0. The third-order valence-corrected chi connectivity index (χ3v) is 0.797. The van der Waals surface area contributed by atoms with Gasteiger partial charge in [-0.05, 0) is 6.92 Å². The summed E-state index contributed by atoms with van der Waals surface area (Å²) < 4.78 is 4.57. The molecule has 0 aliphatic heterocycles. The van der Waals surface area contributed by atoms with Gasteiger partial charge in [0.2, 0.25) is 0 Å². The summed E-state index contributed by atoms with van der Waals surface area (Å²) in [5.74, 6) is -0.685. The summed E-state index contributed by atoms with van der Waals surface area (Å²) in [6.07, 6.45) is 1.79. The second-order valence-electron chi connectivity index (χ2n) is 1.62. The first-order valence-electron chi connectivity index (χ1n) is 2.71. The molecule has 0 aromatic rings. The number of esters is 1. The highest BCUT2D eigenvalue weighted by Crippen LogP contribution is 1.89. The first kappa shape index (κ1) is 8.59. The average Bonchev–Trinajstić information content (AvgIpc) is 1.88. The van der Waals surface area contributed by atoms with Crippen LogP contribution in [0, 0.1) is 0 Å². The fourth-order valence-electron chi connectivity index (χ4n) is 0.309. The maximum Gasteiger partial charge on any atom is 0.414 e. The van der Waals surface area contributed by atoms with Crippen molar-refractivity contribution in [1.29, 1.82) is 0 Å². The average molecular weight is 140 g/mol. The highest BCUT2D eigenvalue weighted by atomic mass is 16.5. The lowest BCUT2D eigenvalue weighted by Gasteiger charge is -2.01. The van der Waals surface area contributed by atoms with Crippen molar-refractivity contribution >= 4 is 12.2 Å². The second-order valence-corrected chi connectivity index (χ2v) is 1.62. The number of carbonyl (C=O) groups excluding carboxylic acids is 1. The van der Waals surface area contributed by atoms with Crippen molar-refractivity contribution in [3.8, 4) is 0 Å². The molecule has 0 heterocycles. The molecule has 0 N–H and O–H groups in total. The number of hydrogen-bond acceptors (Lipinski definition) is 2. The van der Waals surface area contributed by atoms with Crippen LogP contribution in [0.2, 0.25) is 0 Å². The summed E-state index contributed by atoms with van der Waals surface area (Å²) in [6.45, 7) is 5.04. The van der Waals surface area contributed by atoms with Gasteiger partial charge in [-0.2, -0.15) is 4.79 Å². The molecule has 0 amide bonds. The van der Waals surface area contributed by atoms with E-state index in [2.05, 4.69) is 16.1 Å². The molecule has 0 rings (SSSR count). The van der Waals surface area contributed by atoms with Crippen molar-refractivity contribution in [2.75, 3.05) is 0 Å². The Morgan fingerprint density at radius 2 is 2.50 bits per heavy atom. The summed E-state index contributed by atoms with van der Waals surface area (Å²) in [7, 11) is 0. The summed E-state index contributed by atoms with van der Waals surface area (Å²) in [5.41, 5.74) is 7.87. The number of rotatable bonds is 3. The third kappa shape index (κ3) is 3.57. The monoisotopic (exact) mass is 140 g/mol. The number of carbonyl (C=O) groups is 1. The molecule has 0 aliphatic carbocycles. The van der Waals surface area contributed by atoms with E-state index in [9.17, 15) is 4.79 Å². The Bertz CT molecular complexity index is 182. The summed E-state index contributed by atoms with van der Waals surface area (Å²) in [6, 6.07) is 0. The van der Waals surface area contributed by atoms with Gasteiger partial charge in [0.25, 0.3) is 0 Å². The van der Waals surface area contributed by atoms with Crippen molar-refractivity contribution in [3.63, 3.8) is 0 Å². The Morgan fingerprint density at radius 3 is 2.90 bits per heavy atom. The molecule has 10 heavy (non-hydrogen) atoms. The topological polar surface area (TPSA) is 62.7 Å². The summed E-state index contributed by atoms with van der Waals surface area (Å²) in [4.78, 5) is 12.9. The van der Waals surface area contributed by atoms with E-state index in [-0.39, 0.29) is 6.10 Å². The zero-order valence-corrected chi connectivity index (χ0v) is 5.65. The number of hydrogen-bond donors (Lipinski definition) is 0. The van der Waals surface area contributed by atoms with Crippen molar-refractivity contribution in [2.45, 2.75) is 13.0 Å². The molecule has 0 aromatic carbocycles. The molecule has 54 valence electrons. The van der Waals surface area contributed by atoms with Crippen LogP contribution in [0.4, 0.5) is 0 Å². The highest BCUT2D eigenvalue weighted by Gasteiger charge is 2.05. The van der Waals surface area contributed by atoms with Crippen molar-refractivity contribution < 1.29 is 14.3 Å². The minimum absolute atomic E-state index is 0.356. The molecule has 0 fully saturated rings. The van der Waals surface area contributed by atoms with Crippen LogP contribution in [-0.2, 0) is 9.53 Å². The predicted molar refractivity (Wildman–Crippen MR) is 35.4 cm³/mol. The molecule has 1 unspecified atom stereocenters. The van der Waals surface area contributed by atoms with Gasteiger partial charge in [-0.15, -0.1) is 0 Å². The molecule has 4 heteroatoms. The van der Waals surface area contributed by atoms with E-state index in [0.29, 0.717) is 6.21 Å². The van der Waals surface area contributed by atoms with Crippen LogP contribution in [0.3, 0.4) is 0 Å². The molecule has 4 nitrogen and oxygen atoms in total. The molecule has 0 aliphatic rings.